The van der Waals surface area contributed by atoms with Crippen LogP contribution in [0.2, 0.25) is 5.02 Å². The van der Waals surface area contributed by atoms with Crippen LogP contribution in [0.1, 0.15) is 11.4 Å². The van der Waals surface area contributed by atoms with Crippen molar-refractivity contribution >= 4 is 33.2 Å². The normalized spacial score (nSPS) is 10.3. The van der Waals surface area contributed by atoms with E-state index in [1.807, 2.05) is 18.2 Å². The van der Waals surface area contributed by atoms with E-state index in [0.29, 0.717) is 5.02 Å². The maximum atomic E-state index is 6.01. The van der Waals surface area contributed by atoms with E-state index in [0.717, 1.165) is 28.1 Å². The van der Waals surface area contributed by atoms with E-state index in [1.165, 1.54) is 0 Å². The Bertz CT molecular complexity index is 495. The van der Waals surface area contributed by atoms with Gasteiger partial charge in [0.05, 0.1) is 14.7 Å². The van der Waals surface area contributed by atoms with Crippen LogP contribution in [0.4, 0.5) is 0 Å². The van der Waals surface area contributed by atoms with Crippen molar-refractivity contribution in [2.24, 2.45) is 0 Å². The molecule has 1 heterocycles. The predicted molar refractivity (Wildman–Crippen MR) is 61.8 cm³/mol. The highest BCUT2D eigenvalue weighted by molar-refractivity contribution is 7.18. The van der Waals surface area contributed by atoms with Crippen LogP contribution in [0, 0.1) is 12.3 Å². The number of hydrogen-bond acceptors (Lipinski definition) is 2. The van der Waals surface area contributed by atoms with Crippen LogP contribution in [0.25, 0.3) is 10.2 Å². The quantitative estimate of drug-likeness (QED) is 0.708. The monoisotopic (exact) mass is 221 g/mol. The molecular formula is C11H8ClNS. The smallest absolute Gasteiger partial charge is 0.100 e. The summed E-state index contributed by atoms with van der Waals surface area (Å²) < 4.78 is 1.13. The largest absolute Gasteiger partial charge is 0.240 e. The Hall–Kier alpha value is -1.04. The van der Waals surface area contributed by atoms with E-state index in [1.54, 1.807) is 11.3 Å². The van der Waals surface area contributed by atoms with Gasteiger partial charge in [0.1, 0.15) is 5.52 Å². The minimum atomic E-state index is 0.714. The summed E-state index contributed by atoms with van der Waals surface area (Å²) in [5.41, 5.74) is 0.895. The number of fused-ring (bicyclic) bond motifs is 1. The summed E-state index contributed by atoms with van der Waals surface area (Å²) in [6.45, 7) is 0. The molecule has 0 spiro atoms. The second kappa shape index (κ2) is 4.00. The van der Waals surface area contributed by atoms with Crippen LogP contribution in [0.15, 0.2) is 18.2 Å². The van der Waals surface area contributed by atoms with E-state index in [9.17, 15) is 0 Å². The van der Waals surface area contributed by atoms with Gasteiger partial charge in [0, 0.05) is 12.8 Å². The highest BCUT2D eigenvalue weighted by atomic mass is 35.5. The van der Waals surface area contributed by atoms with Gasteiger partial charge in [-0.1, -0.05) is 17.7 Å². The molecule has 2 aromatic rings. The lowest BCUT2D eigenvalue weighted by Gasteiger charge is -1.88. The number of aryl methyl sites for hydroxylation is 1. The summed E-state index contributed by atoms with van der Waals surface area (Å²) in [4.78, 5) is 4.44. The Morgan fingerprint density at radius 1 is 1.50 bits per heavy atom. The molecule has 1 aromatic heterocycles. The SMILES string of the molecule is C#CCCc1nc2c(Cl)cccc2s1. The first-order chi connectivity index (χ1) is 6.81. The van der Waals surface area contributed by atoms with E-state index >= 15 is 0 Å². The number of rotatable bonds is 2. The molecule has 0 bridgehead atoms. The number of terminal acetylenes is 1. The average Bonchev–Trinajstić information content (AvgIpc) is 2.59. The first kappa shape index (κ1) is 9.51. The number of hydrogen-bond donors (Lipinski definition) is 0. The van der Waals surface area contributed by atoms with Gasteiger partial charge >= 0.3 is 0 Å². The summed E-state index contributed by atoms with van der Waals surface area (Å²) >= 11 is 7.67. The number of thiazole rings is 1. The standard InChI is InChI=1S/C11H8ClNS/c1-2-3-7-10-13-11-8(12)5-4-6-9(11)14-10/h1,4-6H,3,7H2. The third-order valence-corrected chi connectivity index (χ3v) is 3.28. The zero-order chi connectivity index (χ0) is 9.97. The van der Waals surface area contributed by atoms with Crippen LogP contribution in [-0.4, -0.2) is 4.98 Å². The number of nitrogens with zero attached hydrogens (tertiary/aromatic N) is 1. The fourth-order valence-electron chi connectivity index (χ4n) is 1.25. The zero-order valence-electron chi connectivity index (χ0n) is 7.46. The molecule has 0 N–H and O–H groups in total. The van der Waals surface area contributed by atoms with Gasteiger partial charge in [-0.15, -0.1) is 23.7 Å². The number of benzene rings is 1. The Morgan fingerprint density at radius 3 is 3.07 bits per heavy atom. The van der Waals surface area contributed by atoms with Crippen molar-refractivity contribution in [3.63, 3.8) is 0 Å². The lowest BCUT2D eigenvalue weighted by Crippen LogP contribution is -1.80. The first-order valence-corrected chi connectivity index (χ1v) is 5.48. The van der Waals surface area contributed by atoms with Crippen LogP contribution in [0.5, 0.6) is 0 Å². The zero-order valence-corrected chi connectivity index (χ0v) is 9.03. The molecular weight excluding hydrogens is 214 g/mol. The Kier molecular flexibility index (Phi) is 2.72. The van der Waals surface area contributed by atoms with Crippen LogP contribution < -0.4 is 0 Å². The lowest BCUT2D eigenvalue weighted by molar-refractivity contribution is 1.01. The average molecular weight is 222 g/mol. The van der Waals surface area contributed by atoms with Crippen molar-refractivity contribution < 1.29 is 0 Å². The molecule has 0 atom stereocenters. The van der Waals surface area contributed by atoms with E-state index < -0.39 is 0 Å². The maximum absolute atomic E-state index is 6.01. The summed E-state index contributed by atoms with van der Waals surface area (Å²) in [6, 6.07) is 5.82. The van der Waals surface area contributed by atoms with E-state index in [2.05, 4.69) is 10.9 Å². The predicted octanol–water partition coefficient (Wildman–Crippen LogP) is 3.52. The molecule has 3 heteroatoms. The molecule has 14 heavy (non-hydrogen) atoms. The highest BCUT2D eigenvalue weighted by Gasteiger charge is 2.05. The molecule has 0 saturated carbocycles. The van der Waals surface area contributed by atoms with Crippen molar-refractivity contribution in [3.05, 3.63) is 28.2 Å². The number of para-hydroxylation sites is 1. The maximum Gasteiger partial charge on any atom is 0.100 e. The van der Waals surface area contributed by atoms with E-state index in [-0.39, 0.29) is 0 Å². The third-order valence-electron chi connectivity index (χ3n) is 1.90. The van der Waals surface area contributed by atoms with Crippen LogP contribution in [0.3, 0.4) is 0 Å². The van der Waals surface area contributed by atoms with Gasteiger partial charge in [-0.2, -0.15) is 0 Å². The van der Waals surface area contributed by atoms with Gasteiger partial charge in [0.2, 0.25) is 0 Å². The molecule has 0 saturated heterocycles. The minimum Gasteiger partial charge on any atom is -0.240 e. The van der Waals surface area contributed by atoms with Gasteiger partial charge in [0.15, 0.2) is 0 Å². The van der Waals surface area contributed by atoms with Crippen molar-refractivity contribution in [1.82, 2.24) is 4.98 Å². The van der Waals surface area contributed by atoms with Gasteiger partial charge in [-0.05, 0) is 12.1 Å². The van der Waals surface area contributed by atoms with Gasteiger partial charge in [-0.25, -0.2) is 4.98 Å². The van der Waals surface area contributed by atoms with Crippen molar-refractivity contribution in [1.29, 1.82) is 0 Å². The summed E-state index contributed by atoms with van der Waals surface area (Å²) in [6.07, 6.45) is 6.77. The topological polar surface area (TPSA) is 12.9 Å². The molecule has 0 radical (unpaired) electrons. The molecule has 0 aliphatic rings. The summed E-state index contributed by atoms with van der Waals surface area (Å²) in [7, 11) is 0. The third kappa shape index (κ3) is 1.75. The molecule has 70 valence electrons. The van der Waals surface area contributed by atoms with Crippen molar-refractivity contribution in [2.45, 2.75) is 12.8 Å². The lowest BCUT2D eigenvalue weighted by atomic mass is 10.3. The number of aromatic nitrogens is 1. The molecule has 0 aliphatic carbocycles. The van der Waals surface area contributed by atoms with Crippen LogP contribution in [-0.2, 0) is 6.42 Å². The molecule has 2 rings (SSSR count). The molecule has 1 aromatic carbocycles. The molecule has 0 fully saturated rings. The van der Waals surface area contributed by atoms with Crippen LogP contribution >= 0.6 is 22.9 Å². The van der Waals surface area contributed by atoms with Crippen molar-refractivity contribution in [2.75, 3.05) is 0 Å². The fourth-order valence-corrected chi connectivity index (χ4v) is 2.51. The van der Waals surface area contributed by atoms with Crippen molar-refractivity contribution in [3.8, 4) is 12.3 Å². The Labute approximate surface area is 91.7 Å². The molecule has 0 amide bonds. The number of halogens is 1. The summed E-state index contributed by atoms with van der Waals surface area (Å²) in [5, 5.41) is 1.77. The molecule has 0 aliphatic heterocycles. The fraction of sp³-hybridized carbons (Fsp3) is 0.182. The van der Waals surface area contributed by atoms with Gasteiger partial charge in [0.25, 0.3) is 0 Å². The van der Waals surface area contributed by atoms with Gasteiger partial charge < -0.3 is 0 Å². The Balaban J connectivity index is 2.42. The van der Waals surface area contributed by atoms with E-state index in [4.69, 9.17) is 18.0 Å². The second-order valence-electron chi connectivity index (χ2n) is 2.90. The second-order valence-corrected chi connectivity index (χ2v) is 4.42. The summed E-state index contributed by atoms with van der Waals surface area (Å²) in [5.74, 6) is 2.61. The molecule has 1 nitrogen and oxygen atoms in total. The Morgan fingerprint density at radius 2 is 2.36 bits per heavy atom. The minimum absolute atomic E-state index is 0.714. The molecule has 0 unspecified atom stereocenters. The van der Waals surface area contributed by atoms with Gasteiger partial charge in [-0.3, -0.25) is 0 Å². The highest BCUT2D eigenvalue weighted by Crippen LogP contribution is 2.28. The first-order valence-electron chi connectivity index (χ1n) is 4.28.